The highest BCUT2D eigenvalue weighted by Gasteiger charge is 2.38. The van der Waals surface area contributed by atoms with Crippen LogP contribution in [0.1, 0.15) is 6.42 Å². The van der Waals surface area contributed by atoms with E-state index < -0.39 is 24.6 Å². The maximum absolute atomic E-state index is 9.94. The van der Waals surface area contributed by atoms with Gasteiger partial charge in [-0.25, -0.2) is 0 Å². The third-order valence-corrected chi connectivity index (χ3v) is 3.68. The average Bonchev–Trinajstić information content (AvgIpc) is 2.51. The molecule has 1 aliphatic rings. The van der Waals surface area contributed by atoms with Gasteiger partial charge in [0.15, 0.2) is 0 Å². The minimum atomic E-state index is -1.14. The summed E-state index contributed by atoms with van der Waals surface area (Å²) >= 11 is 0. The minimum absolute atomic E-state index is 0.190. The first-order chi connectivity index (χ1) is 10.2. The van der Waals surface area contributed by atoms with Crippen molar-refractivity contribution in [3.05, 3.63) is 42.5 Å². The molecule has 112 valence electrons. The van der Waals surface area contributed by atoms with Gasteiger partial charge in [0.2, 0.25) is 6.29 Å². The second-order valence-corrected chi connectivity index (χ2v) is 5.23. The zero-order valence-electron chi connectivity index (χ0n) is 11.4. The van der Waals surface area contributed by atoms with Crippen LogP contribution in [0.5, 0.6) is 5.75 Å². The molecule has 2 aromatic carbocycles. The van der Waals surface area contributed by atoms with Crippen molar-refractivity contribution >= 4 is 10.8 Å². The second kappa shape index (κ2) is 5.99. The normalized spacial score (nSPS) is 29.5. The smallest absolute Gasteiger partial charge is 0.229 e. The largest absolute Gasteiger partial charge is 0.462 e. The molecule has 0 amide bonds. The van der Waals surface area contributed by atoms with Crippen molar-refractivity contribution in [3.63, 3.8) is 0 Å². The predicted octanol–water partition coefficient (Wildman–Crippen LogP) is 1.05. The summed E-state index contributed by atoms with van der Waals surface area (Å²) in [7, 11) is 0. The average molecular weight is 290 g/mol. The fraction of sp³-hybridized carbons (Fsp3) is 0.375. The van der Waals surface area contributed by atoms with Crippen LogP contribution in [0.4, 0.5) is 0 Å². The third kappa shape index (κ3) is 3.01. The highest BCUT2D eigenvalue weighted by molar-refractivity contribution is 5.83. The SMILES string of the molecule is OCC1CC(O)C(O)C(Oc2ccc3ccccc3c2)O1. The molecule has 0 saturated carbocycles. The molecule has 1 heterocycles. The second-order valence-electron chi connectivity index (χ2n) is 5.23. The lowest BCUT2D eigenvalue weighted by molar-refractivity contribution is -0.240. The third-order valence-electron chi connectivity index (χ3n) is 3.68. The number of benzene rings is 2. The number of hydrogen-bond donors (Lipinski definition) is 3. The molecule has 4 unspecified atom stereocenters. The van der Waals surface area contributed by atoms with Gasteiger partial charge in [0, 0.05) is 6.42 Å². The topological polar surface area (TPSA) is 79.2 Å². The van der Waals surface area contributed by atoms with E-state index in [1.807, 2.05) is 36.4 Å². The van der Waals surface area contributed by atoms with E-state index in [0.717, 1.165) is 10.8 Å². The minimum Gasteiger partial charge on any atom is -0.462 e. The Morgan fingerprint density at radius 2 is 1.86 bits per heavy atom. The lowest BCUT2D eigenvalue weighted by Gasteiger charge is -2.36. The number of aliphatic hydroxyl groups is 3. The number of ether oxygens (including phenoxy) is 2. The molecule has 0 bridgehead atoms. The summed E-state index contributed by atoms with van der Waals surface area (Å²) < 4.78 is 11.1. The van der Waals surface area contributed by atoms with Crippen molar-refractivity contribution in [2.75, 3.05) is 6.61 Å². The number of aliphatic hydroxyl groups excluding tert-OH is 3. The van der Waals surface area contributed by atoms with Crippen LogP contribution in [0.3, 0.4) is 0 Å². The van der Waals surface area contributed by atoms with E-state index in [2.05, 4.69) is 0 Å². The summed E-state index contributed by atoms with van der Waals surface area (Å²) in [5.74, 6) is 0.545. The van der Waals surface area contributed by atoms with Gasteiger partial charge in [-0.05, 0) is 22.9 Å². The molecule has 1 saturated heterocycles. The van der Waals surface area contributed by atoms with Crippen LogP contribution >= 0.6 is 0 Å². The van der Waals surface area contributed by atoms with Gasteiger partial charge < -0.3 is 24.8 Å². The molecule has 1 aliphatic heterocycles. The summed E-state index contributed by atoms with van der Waals surface area (Å²) in [6.07, 6.45) is -3.45. The first-order valence-electron chi connectivity index (χ1n) is 6.95. The molecular weight excluding hydrogens is 272 g/mol. The van der Waals surface area contributed by atoms with Crippen molar-refractivity contribution in [2.45, 2.75) is 31.0 Å². The van der Waals surface area contributed by atoms with Crippen LogP contribution in [0, 0.1) is 0 Å². The monoisotopic (exact) mass is 290 g/mol. The fourth-order valence-electron chi connectivity index (χ4n) is 2.51. The molecule has 0 aliphatic carbocycles. The van der Waals surface area contributed by atoms with Gasteiger partial charge in [-0.2, -0.15) is 0 Å². The molecule has 5 heteroatoms. The van der Waals surface area contributed by atoms with Gasteiger partial charge in [-0.15, -0.1) is 0 Å². The summed E-state index contributed by atoms with van der Waals surface area (Å²) in [6.45, 7) is -0.221. The van der Waals surface area contributed by atoms with Crippen LogP contribution in [0.15, 0.2) is 42.5 Å². The molecule has 3 rings (SSSR count). The first kappa shape index (κ1) is 14.3. The Bertz CT molecular complexity index is 614. The van der Waals surface area contributed by atoms with Gasteiger partial charge in [0.05, 0.1) is 18.8 Å². The van der Waals surface area contributed by atoms with E-state index in [4.69, 9.17) is 14.6 Å². The molecule has 4 atom stereocenters. The molecule has 1 fully saturated rings. The Morgan fingerprint density at radius 1 is 1.10 bits per heavy atom. The predicted molar refractivity (Wildman–Crippen MR) is 77.0 cm³/mol. The van der Waals surface area contributed by atoms with E-state index in [1.54, 1.807) is 6.07 Å². The van der Waals surface area contributed by atoms with Gasteiger partial charge in [0.1, 0.15) is 11.9 Å². The van der Waals surface area contributed by atoms with Crippen LogP contribution in [-0.4, -0.2) is 46.5 Å². The molecule has 5 nitrogen and oxygen atoms in total. The lowest BCUT2D eigenvalue weighted by atomic mass is 10.0. The molecule has 0 aromatic heterocycles. The molecule has 3 N–H and O–H groups in total. The highest BCUT2D eigenvalue weighted by Crippen LogP contribution is 2.26. The quantitative estimate of drug-likeness (QED) is 0.787. The first-order valence-corrected chi connectivity index (χ1v) is 6.95. The Morgan fingerprint density at radius 3 is 2.62 bits per heavy atom. The Hall–Kier alpha value is -1.66. The lowest BCUT2D eigenvalue weighted by Crippen LogP contribution is -2.51. The molecule has 0 spiro atoms. The Kier molecular flexibility index (Phi) is 4.07. The summed E-state index contributed by atoms with van der Waals surface area (Å²) in [4.78, 5) is 0. The Labute approximate surface area is 122 Å². The van der Waals surface area contributed by atoms with E-state index in [1.165, 1.54) is 0 Å². The summed E-state index contributed by atoms with van der Waals surface area (Å²) in [5.41, 5.74) is 0. The molecular formula is C16H18O5. The zero-order valence-corrected chi connectivity index (χ0v) is 11.4. The van der Waals surface area contributed by atoms with Crippen LogP contribution in [0.25, 0.3) is 10.8 Å². The van der Waals surface area contributed by atoms with Gasteiger partial charge in [-0.3, -0.25) is 0 Å². The van der Waals surface area contributed by atoms with Gasteiger partial charge in [0.25, 0.3) is 0 Å². The maximum atomic E-state index is 9.94. The molecule has 21 heavy (non-hydrogen) atoms. The number of fused-ring (bicyclic) bond motifs is 1. The standard InChI is InChI=1S/C16H18O5/c17-9-13-8-14(18)15(19)16(21-13)20-12-6-5-10-3-1-2-4-11(10)7-12/h1-7,13-19H,8-9H2. The van der Waals surface area contributed by atoms with E-state index in [-0.39, 0.29) is 13.0 Å². The molecule has 2 aromatic rings. The molecule has 0 radical (unpaired) electrons. The number of hydrogen-bond acceptors (Lipinski definition) is 5. The maximum Gasteiger partial charge on any atom is 0.229 e. The van der Waals surface area contributed by atoms with Crippen LogP contribution in [0.2, 0.25) is 0 Å². The van der Waals surface area contributed by atoms with E-state index >= 15 is 0 Å². The zero-order chi connectivity index (χ0) is 14.8. The highest BCUT2D eigenvalue weighted by atomic mass is 16.7. The summed E-state index contributed by atoms with van der Waals surface area (Å²) in [6, 6.07) is 13.4. The van der Waals surface area contributed by atoms with E-state index in [9.17, 15) is 10.2 Å². The van der Waals surface area contributed by atoms with Gasteiger partial charge >= 0.3 is 0 Å². The van der Waals surface area contributed by atoms with Crippen molar-refractivity contribution < 1.29 is 24.8 Å². The Balaban J connectivity index is 1.79. The van der Waals surface area contributed by atoms with Crippen molar-refractivity contribution in [3.8, 4) is 5.75 Å². The van der Waals surface area contributed by atoms with E-state index in [0.29, 0.717) is 5.75 Å². The number of rotatable bonds is 3. The van der Waals surface area contributed by atoms with Crippen LogP contribution in [-0.2, 0) is 4.74 Å². The van der Waals surface area contributed by atoms with Crippen LogP contribution < -0.4 is 4.74 Å². The van der Waals surface area contributed by atoms with Crippen molar-refractivity contribution in [1.29, 1.82) is 0 Å². The van der Waals surface area contributed by atoms with Gasteiger partial charge in [-0.1, -0.05) is 30.3 Å². The van der Waals surface area contributed by atoms with Crippen molar-refractivity contribution in [1.82, 2.24) is 0 Å². The van der Waals surface area contributed by atoms with Crippen molar-refractivity contribution in [2.24, 2.45) is 0 Å². The fourth-order valence-corrected chi connectivity index (χ4v) is 2.51. The summed E-state index contributed by atoms with van der Waals surface area (Å²) in [5, 5.41) is 31.0.